The fourth-order valence-corrected chi connectivity index (χ4v) is 11.2. The number of esters is 5. The third kappa shape index (κ3) is 9.98. The van der Waals surface area contributed by atoms with Crippen LogP contribution < -0.4 is 35.2 Å². The van der Waals surface area contributed by atoms with Crippen LogP contribution in [0.3, 0.4) is 0 Å². The highest BCUT2D eigenvalue weighted by molar-refractivity contribution is 8.01. The molecule has 3 amide bonds. The number of fused-ring (bicyclic) bond motifs is 8. The molecule has 0 saturated carbocycles. The summed E-state index contributed by atoms with van der Waals surface area (Å²) in [6, 6.07) is 17.5. The number of halogens is 1. The third-order valence-electron chi connectivity index (χ3n) is 11.9. The number of rotatable bonds is 16. The molecule has 74 heavy (non-hydrogen) atoms. The number of ether oxygens (including phenoxy) is 7. The SMILES string of the molecule is CCCCOc1cc2oc(=O)c(C(=O)NCC(=O)NC3C(=O)N4C(C(=O)OCOC(C)=O)=C(CSc5ccc6c(c5)C(=O)OC65c6ccc(OC(C)=O)cc6Oc6cc(OC(C)=O)ccc65)CS[C@H]34)cc2cc1Cl. The summed E-state index contributed by atoms with van der Waals surface area (Å²) in [6.07, 6.45) is 1.68. The van der Waals surface area contributed by atoms with E-state index in [2.05, 4.69) is 10.6 Å². The molecule has 1 spiro atoms. The first kappa shape index (κ1) is 51.1. The van der Waals surface area contributed by atoms with Gasteiger partial charge in [-0.15, -0.1) is 23.5 Å². The van der Waals surface area contributed by atoms with Gasteiger partial charge in [0.2, 0.25) is 12.7 Å². The number of unbranched alkanes of at least 4 members (excludes halogenated alkanes) is 1. The van der Waals surface area contributed by atoms with Crippen LogP contribution in [-0.2, 0) is 48.6 Å². The molecule has 2 N–H and O–H groups in total. The topological polar surface area (TPSA) is 259 Å². The number of nitrogens with zero attached hydrogens (tertiary/aromatic N) is 1. The Morgan fingerprint density at radius 3 is 2.20 bits per heavy atom. The summed E-state index contributed by atoms with van der Waals surface area (Å²) in [5.74, 6) is -4.52. The van der Waals surface area contributed by atoms with Crippen LogP contribution >= 0.6 is 35.1 Å². The first-order valence-electron chi connectivity index (χ1n) is 22.7. The molecule has 5 heterocycles. The highest BCUT2D eigenvalue weighted by atomic mass is 35.5. The fourth-order valence-electron chi connectivity index (χ4n) is 8.60. The Morgan fingerprint density at radius 2 is 1.54 bits per heavy atom. The smallest absolute Gasteiger partial charge is 0.357 e. The summed E-state index contributed by atoms with van der Waals surface area (Å²) in [4.78, 5) is 118. The highest BCUT2D eigenvalue weighted by Gasteiger charge is 2.56. The largest absolute Gasteiger partial charge is 0.492 e. The second-order valence-electron chi connectivity index (χ2n) is 16.9. The summed E-state index contributed by atoms with van der Waals surface area (Å²) in [5.41, 5.74) is -0.947. The summed E-state index contributed by atoms with van der Waals surface area (Å²) >= 11 is 8.86. The average Bonchev–Trinajstić information content (AvgIpc) is 3.64. The number of hydrogen-bond acceptors (Lipinski definition) is 19. The molecule has 20 nitrogen and oxygen atoms in total. The second kappa shape index (κ2) is 21.0. The maximum absolute atomic E-state index is 14.0. The zero-order valence-electron chi connectivity index (χ0n) is 39.6. The van der Waals surface area contributed by atoms with Crippen molar-refractivity contribution in [1.82, 2.24) is 15.5 Å². The van der Waals surface area contributed by atoms with Gasteiger partial charge in [0.05, 0.1) is 23.7 Å². The van der Waals surface area contributed by atoms with Crippen molar-refractivity contribution in [3.05, 3.63) is 127 Å². The number of thioether (sulfide) groups is 2. The molecule has 9 rings (SSSR count). The van der Waals surface area contributed by atoms with E-state index in [1.54, 1.807) is 42.5 Å². The highest BCUT2D eigenvalue weighted by Crippen LogP contribution is 2.57. The van der Waals surface area contributed by atoms with Crippen molar-refractivity contribution in [2.24, 2.45) is 0 Å². The van der Waals surface area contributed by atoms with Gasteiger partial charge in [-0.3, -0.25) is 33.7 Å². The molecule has 1 aromatic heterocycles. The predicted molar refractivity (Wildman–Crippen MR) is 263 cm³/mol. The number of carbonyl (C=O) groups is 8. The van der Waals surface area contributed by atoms with E-state index in [1.807, 2.05) is 6.92 Å². The van der Waals surface area contributed by atoms with Crippen LogP contribution in [0.15, 0.2) is 98.2 Å². The maximum atomic E-state index is 14.0. The van der Waals surface area contributed by atoms with Crippen molar-refractivity contribution < 1.29 is 75.9 Å². The van der Waals surface area contributed by atoms with Crippen molar-refractivity contribution in [3.63, 3.8) is 0 Å². The minimum Gasteiger partial charge on any atom is -0.492 e. The third-order valence-corrected chi connectivity index (χ3v) is 14.6. The molecule has 4 aliphatic heterocycles. The van der Waals surface area contributed by atoms with Gasteiger partial charge in [0.25, 0.3) is 11.8 Å². The van der Waals surface area contributed by atoms with Gasteiger partial charge in [-0.05, 0) is 60.5 Å². The molecule has 0 bridgehead atoms. The number of carbonyl (C=O) groups excluding carboxylic acids is 8. The van der Waals surface area contributed by atoms with Gasteiger partial charge < -0.3 is 48.2 Å². The van der Waals surface area contributed by atoms with Gasteiger partial charge in [-0.2, -0.15) is 0 Å². The maximum Gasteiger partial charge on any atom is 0.357 e. The van der Waals surface area contributed by atoms with E-state index >= 15 is 0 Å². The van der Waals surface area contributed by atoms with Gasteiger partial charge in [0.15, 0.2) is 5.60 Å². The van der Waals surface area contributed by atoms with E-state index in [1.165, 1.54) is 72.6 Å². The van der Waals surface area contributed by atoms with Gasteiger partial charge in [0.1, 0.15) is 57.0 Å². The Kier molecular flexibility index (Phi) is 14.5. The number of hydrogen-bond donors (Lipinski definition) is 2. The van der Waals surface area contributed by atoms with E-state index in [-0.39, 0.29) is 56.4 Å². The lowest BCUT2D eigenvalue weighted by atomic mass is 9.77. The predicted octanol–water partition coefficient (Wildman–Crippen LogP) is 6.28. The van der Waals surface area contributed by atoms with E-state index in [0.717, 1.165) is 19.8 Å². The molecular formula is C51H42ClN3O17S2. The molecule has 5 aromatic rings. The monoisotopic (exact) mass is 1070 g/mol. The van der Waals surface area contributed by atoms with Gasteiger partial charge >= 0.3 is 35.5 Å². The number of benzene rings is 4. The zero-order valence-corrected chi connectivity index (χ0v) is 42.0. The van der Waals surface area contributed by atoms with Crippen molar-refractivity contribution >= 4 is 93.7 Å². The van der Waals surface area contributed by atoms with Crippen molar-refractivity contribution in [1.29, 1.82) is 0 Å². The minimum atomic E-state index is -1.55. The van der Waals surface area contributed by atoms with Crippen molar-refractivity contribution in [2.75, 3.05) is 31.5 Å². The lowest BCUT2D eigenvalue weighted by Gasteiger charge is -2.49. The lowest BCUT2D eigenvalue weighted by Crippen LogP contribution is -2.71. The molecule has 23 heteroatoms. The fraction of sp³-hybridized carbons (Fsp3) is 0.275. The van der Waals surface area contributed by atoms with Crippen LogP contribution in [0.4, 0.5) is 0 Å². The summed E-state index contributed by atoms with van der Waals surface area (Å²) in [5, 5.41) is 4.75. The van der Waals surface area contributed by atoms with Crippen LogP contribution in [-0.4, -0.2) is 95.3 Å². The molecule has 1 unspecified atom stereocenters. The Labute approximate surface area is 433 Å². The van der Waals surface area contributed by atoms with Crippen LogP contribution in [0.5, 0.6) is 28.7 Å². The molecule has 4 aliphatic rings. The summed E-state index contributed by atoms with van der Waals surface area (Å²) in [6.45, 7) is 4.66. The average molecular weight is 1070 g/mol. The van der Waals surface area contributed by atoms with E-state index in [4.69, 9.17) is 49.2 Å². The number of nitrogens with one attached hydrogen (secondary N) is 2. The minimum absolute atomic E-state index is 0.101. The molecule has 2 atom stereocenters. The summed E-state index contributed by atoms with van der Waals surface area (Å²) < 4.78 is 44.3. The normalized spacial score (nSPS) is 16.6. The second-order valence-corrected chi connectivity index (χ2v) is 19.5. The summed E-state index contributed by atoms with van der Waals surface area (Å²) in [7, 11) is 0. The van der Waals surface area contributed by atoms with Crippen molar-refractivity contribution in [3.8, 4) is 28.7 Å². The number of β-lactam (4-membered cyclic amide) rings is 1. The van der Waals surface area contributed by atoms with Crippen LogP contribution in [0.2, 0.25) is 5.02 Å². The van der Waals surface area contributed by atoms with E-state index < -0.39 is 89.1 Å². The van der Waals surface area contributed by atoms with Gasteiger partial charge in [0, 0.05) is 77.4 Å². The van der Waals surface area contributed by atoms with E-state index in [0.29, 0.717) is 44.9 Å². The zero-order chi connectivity index (χ0) is 52.6. The molecule has 1 saturated heterocycles. The van der Waals surface area contributed by atoms with Gasteiger partial charge in [-0.1, -0.05) is 31.0 Å². The Hall–Kier alpha value is -7.82. The molecule has 382 valence electrons. The molecule has 1 fully saturated rings. The molecular weight excluding hydrogens is 1030 g/mol. The van der Waals surface area contributed by atoms with Crippen LogP contribution in [0.1, 0.15) is 77.9 Å². The molecule has 4 aromatic carbocycles. The molecule has 0 aliphatic carbocycles. The van der Waals surface area contributed by atoms with Crippen LogP contribution in [0, 0.1) is 0 Å². The first-order valence-corrected chi connectivity index (χ1v) is 25.2. The van der Waals surface area contributed by atoms with E-state index in [9.17, 15) is 43.2 Å². The number of amides is 3. The van der Waals surface area contributed by atoms with Crippen molar-refractivity contribution in [2.45, 2.75) is 62.4 Å². The first-order chi connectivity index (χ1) is 35.4. The quantitative estimate of drug-likeness (QED) is 0.0209. The standard InChI is InChI=1S/C51H42ClN3O17S2/c1-5-6-13-65-41-19-38-27(15-37(41)52)14-33(48(62)71-38)45(60)53-20-42(59)54-43-46(61)55-44(50(64)67-23-66-24(2)56)28(22-74-47(43)55)21-73-31-9-12-34-32(18-31)49(63)72-51(34)35-10-7-29(68-25(3)57)16-39(35)70-40-17-30(69-26(4)58)8-11-36(40)51/h7-12,14-19,43,47H,5-6,13,20-23H2,1-4H3,(H,53,60)(H,54,59)/t43?,47-/m1/s1. The van der Waals surface area contributed by atoms with Crippen LogP contribution in [0.25, 0.3) is 11.0 Å². The Balaban J connectivity index is 0.915. The van der Waals surface area contributed by atoms with Gasteiger partial charge in [-0.25, -0.2) is 14.4 Å². The Morgan fingerprint density at radius 1 is 0.851 bits per heavy atom. The molecule has 0 radical (unpaired) electrons. The Bertz CT molecular complexity index is 3270. The lowest BCUT2D eigenvalue weighted by molar-refractivity contribution is -0.166.